The summed E-state index contributed by atoms with van der Waals surface area (Å²) < 4.78 is 0. The van der Waals surface area contributed by atoms with Crippen molar-refractivity contribution in [3.8, 4) is 0 Å². The highest BCUT2D eigenvalue weighted by molar-refractivity contribution is 6.21. The van der Waals surface area contributed by atoms with Crippen LogP contribution in [0.25, 0.3) is 0 Å². The first kappa shape index (κ1) is 22.4. The van der Waals surface area contributed by atoms with Crippen molar-refractivity contribution in [1.82, 2.24) is 0 Å². The maximum atomic E-state index is 6.54. The van der Waals surface area contributed by atoms with E-state index in [0.717, 1.165) is 63.1 Å². The van der Waals surface area contributed by atoms with E-state index in [1.54, 1.807) is 0 Å². The van der Waals surface area contributed by atoms with Crippen LogP contribution in [0.5, 0.6) is 0 Å². The third kappa shape index (κ3) is 10.4. The standard InChI is InChI=1S/C20H30Cl4/c21-13-7-1-3-11-19(23)15-17-9-5-6-10-18(17)16-20(24)12-4-2-8-14-22/h5-6,9-10,19-20H,1-4,7-8,11-16H2. The first-order valence-electron chi connectivity index (χ1n) is 9.14. The Morgan fingerprint density at radius 1 is 0.625 bits per heavy atom. The van der Waals surface area contributed by atoms with Crippen LogP contribution in [-0.2, 0) is 12.8 Å². The lowest BCUT2D eigenvalue weighted by atomic mass is 9.96. The number of rotatable bonds is 14. The first-order chi connectivity index (χ1) is 11.7. The van der Waals surface area contributed by atoms with Gasteiger partial charge in [0.25, 0.3) is 0 Å². The summed E-state index contributed by atoms with van der Waals surface area (Å²) in [6.07, 6.45) is 10.8. The molecule has 0 saturated carbocycles. The lowest BCUT2D eigenvalue weighted by molar-refractivity contribution is 0.628. The summed E-state index contributed by atoms with van der Waals surface area (Å²) in [6.45, 7) is 0. The smallest absolute Gasteiger partial charge is 0.0376 e. The van der Waals surface area contributed by atoms with Gasteiger partial charge in [-0.25, -0.2) is 0 Å². The van der Waals surface area contributed by atoms with Crippen molar-refractivity contribution in [3.63, 3.8) is 0 Å². The van der Waals surface area contributed by atoms with Crippen LogP contribution >= 0.6 is 46.4 Å². The van der Waals surface area contributed by atoms with E-state index < -0.39 is 0 Å². The van der Waals surface area contributed by atoms with Crippen LogP contribution in [0.15, 0.2) is 24.3 Å². The average Bonchev–Trinajstić information content (AvgIpc) is 2.57. The Kier molecular flexibility index (Phi) is 13.6. The molecule has 0 aliphatic rings. The van der Waals surface area contributed by atoms with Crippen molar-refractivity contribution < 1.29 is 0 Å². The van der Waals surface area contributed by atoms with Gasteiger partial charge in [0, 0.05) is 22.5 Å². The van der Waals surface area contributed by atoms with E-state index in [1.807, 2.05) is 0 Å². The Morgan fingerprint density at radius 3 is 1.42 bits per heavy atom. The first-order valence-corrected chi connectivity index (χ1v) is 11.1. The van der Waals surface area contributed by atoms with Gasteiger partial charge >= 0.3 is 0 Å². The molecule has 2 atom stereocenters. The molecular weight excluding hydrogens is 382 g/mol. The second-order valence-corrected chi connectivity index (χ2v) is 8.44. The van der Waals surface area contributed by atoms with Crippen LogP contribution in [0, 0.1) is 0 Å². The topological polar surface area (TPSA) is 0 Å². The van der Waals surface area contributed by atoms with Gasteiger partial charge in [0.2, 0.25) is 0 Å². The van der Waals surface area contributed by atoms with Crippen LogP contribution in [0.4, 0.5) is 0 Å². The number of benzene rings is 1. The molecule has 1 aromatic rings. The number of unbranched alkanes of at least 4 members (excludes halogenated alkanes) is 4. The second kappa shape index (κ2) is 14.5. The van der Waals surface area contributed by atoms with Crippen LogP contribution in [0.3, 0.4) is 0 Å². The summed E-state index contributed by atoms with van der Waals surface area (Å²) >= 11 is 24.5. The van der Waals surface area contributed by atoms with Crippen LogP contribution in [-0.4, -0.2) is 22.5 Å². The molecule has 0 aromatic heterocycles. The number of hydrogen-bond acceptors (Lipinski definition) is 0. The lowest BCUT2D eigenvalue weighted by Gasteiger charge is -2.16. The molecule has 0 fully saturated rings. The van der Waals surface area contributed by atoms with Gasteiger partial charge in [0.05, 0.1) is 0 Å². The minimum absolute atomic E-state index is 0.193. The van der Waals surface area contributed by atoms with Gasteiger partial charge < -0.3 is 0 Å². The maximum Gasteiger partial charge on any atom is 0.0376 e. The molecule has 4 heteroatoms. The summed E-state index contributed by atoms with van der Waals surface area (Å²) in [5.41, 5.74) is 2.70. The van der Waals surface area contributed by atoms with Gasteiger partial charge in [0.15, 0.2) is 0 Å². The molecule has 0 nitrogen and oxygen atoms in total. The maximum absolute atomic E-state index is 6.54. The van der Waals surface area contributed by atoms with Gasteiger partial charge in [-0.05, 0) is 49.7 Å². The highest BCUT2D eigenvalue weighted by atomic mass is 35.5. The van der Waals surface area contributed by atoms with Crippen molar-refractivity contribution in [3.05, 3.63) is 35.4 Å². The zero-order valence-electron chi connectivity index (χ0n) is 14.5. The molecule has 24 heavy (non-hydrogen) atoms. The van der Waals surface area contributed by atoms with Crippen molar-refractivity contribution in [1.29, 1.82) is 0 Å². The number of halogens is 4. The second-order valence-electron chi connectivity index (χ2n) is 6.45. The number of alkyl halides is 4. The molecule has 0 spiro atoms. The summed E-state index contributed by atoms with van der Waals surface area (Å²) in [5.74, 6) is 1.50. The predicted octanol–water partition coefficient (Wildman–Crippen LogP) is 7.58. The molecule has 0 heterocycles. The zero-order chi connectivity index (χ0) is 17.6. The normalized spacial score (nSPS) is 13.8. The Bertz CT molecular complexity index is 383. The molecular formula is C20H30Cl4. The summed E-state index contributed by atoms with van der Waals surface area (Å²) in [4.78, 5) is 0. The largest absolute Gasteiger partial charge is 0.127 e. The van der Waals surface area contributed by atoms with E-state index in [9.17, 15) is 0 Å². The van der Waals surface area contributed by atoms with Crippen molar-refractivity contribution in [2.45, 2.75) is 75.0 Å². The van der Waals surface area contributed by atoms with Crippen LogP contribution < -0.4 is 0 Å². The Hall–Kier alpha value is 0.380. The Labute approximate surface area is 168 Å². The average molecular weight is 412 g/mol. The molecule has 0 bridgehead atoms. The zero-order valence-corrected chi connectivity index (χ0v) is 17.5. The highest BCUT2D eigenvalue weighted by Crippen LogP contribution is 2.22. The van der Waals surface area contributed by atoms with E-state index in [2.05, 4.69) is 24.3 Å². The van der Waals surface area contributed by atoms with E-state index in [-0.39, 0.29) is 10.8 Å². The van der Waals surface area contributed by atoms with Gasteiger partial charge in [0.1, 0.15) is 0 Å². The van der Waals surface area contributed by atoms with Crippen molar-refractivity contribution in [2.75, 3.05) is 11.8 Å². The molecule has 0 saturated heterocycles. The van der Waals surface area contributed by atoms with Crippen LogP contribution in [0.2, 0.25) is 0 Å². The monoisotopic (exact) mass is 410 g/mol. The molecule has 0 aliphatic heterocycles. The molecule has 138 valence electrons. The van der Waals surface area contributed by atoms with Crippen molar-refractivity contribution >= 4 is 46.4 Å². The number of hydrogen-bond donors (Lipinski definition) is 0. The molecule has 1 aromatic carbocycles. The highest BCUT2D eigenvalue weighted by Gasteiger charge is 2.12. The predicted molar refractivity (Wildman–Crippen MR) is 112 cm³/mol. The molecule has 0 aliphatic carbocycles. The fourth-order valence-electron chi connectivity index (χ4n) is 2.91. The fourth-order valence-corrected chi connectivity index (χ4v) is 3.93. The van der Waals surface area contributed by atoms with E-state index >= 15 is 0 Å². The van der Waals surface area contributed by atoms with Gasteiger partial charge in [-0.2, -0.15) is 0 Å². The molecule has 1 rings (SSSR count). The summed E-state index contributed by atoms with van der Waals surface area (Å²) in [7, 11) is 0. The fraction of sp³-hybridized carbons (Fsp3) is 0.700. The molecule has 0 N–H and O–H groups in total. The minimum atomic E-state index is 0.193. The minimum Gasteiger partial charge on any atom is -0.127 e. The molecule has 0 radical (unpaired) electrons. The van der Waals surface area contributed by atoms with Crippen molar-refractivity contribution in [2.24, 2.45) is 0 Å². The quantitative estimate of drug-likeness (QED) is 0.218. The van der Waals surface area contributed by atoms with Gasteiger partial charge in [-0.15, -0.1) is 46.4 Å². The van der Waals surface area contributed by atoms with E-state index in [0.29, 0.717) is 0 Å². The van der Waals surface area contributed by atoms with Gasteiger partial charge in [-0.3, -0.25) is 0 Å². The van der Waals surface area contributed by atoms with Gasteiger partial charge in [-0.1, -0.05) is 49.9 Å². The molecule has 0 amide bonds. The molecule has 2 unspecified atom stereocenters. The Balaban J connectivity index is 2.42. The third-order valence-electron chi connectivity index (χ3n) is 4.30. The lowest BCUT2D eigenvalue weighted by Crippen LogP contribution is -2.10. The van der Waals surface area contributed by atoms with Crippen LogP contribution in [0.1, 0.15) is 62.5 Å². The SMILES string of the molecule is ClCCCCCC(Cl)Cc1ccccc1CC(Cl)CCCCCCl. The Morgan fingerprint density at radius 2 is 1.04 bits per heavy atom. The summed E-state index contributed by atoms with van der Waals surface area (Å²) in [6, 6.07) is 8.58. The van der Waals surface area contributed by atoms with E-state index in [4.69, 9.17) is 46.4 Å². The summed E-state index contributed by atoms with van der Waals surface area (Å²) in [5, 5.41) is 0.387. The third-order valence-corrected chi connectivity index (χ3v) is 5.58. The van der Waals surface area contributed by atoms with E-state index in [1.165, 1.54) is 24.0 Å².